The molecule has 2 aromatic rings. The number of aryl methyl sites for hydroxylation is 3. The van der Waals surface area contributed by atoms with Crippen molar-refractivity contribution in [1.29, 1.82) is 5.26 Å². The summed E-state index contributed by atoms with van der Waals surface area (Å²) in [6.45, 7) is 7.95. The molecule has 2 heterocycles. The smallest absolute Gasteiger partial charge is 0.161 e. The summed E-state index contributed by atoms with van der Waals surface area (Å²) in [5, 5.41) is 18.3. The number of aliphatic hydroxyl groups excluding tert-OH is 1. The van der Waals surface area contributed by atoms with Crippen molar-refractivity contribution in [2.45, 2.75) is 52.9 Å². The fourth-order valence-corrected chi connectivity index (χ4v) is 5.49. The molecule has 1 atom stereocenters. The number of thiophene rings is 1. The first-order valence-electron chi connectivity index (χ1n) is 10.6. The molecule has 0 radical (unpaired) electrons. The van der Waals surface area contributed by atoms with Gasteiger partial charge in [-0.1, -0.05) is 17.7 Å². The van der Waals surface area contributed by atoms with Crippen molar-refractivity contribution in [3.05, 3.63) is 72.8 Å². The number of carbonyl (C=O) groups is 1. The predicted octanol–water partition coefficient (Wildman–Crippen LogP) is 5.63. The molecule has 1 aromatic heterocycles. The molecule has 1 aliphatic carbocycles. The largest absolute Gasteiger partial charge is 0.397 e. The number of ketones is 1. The van der Waals surface area contributed by atoms with Gasteiger partial charge in [0, 0.05) is 44.8 Å². The summed E-state index contributed by atoms with van der Waals surface area (Å²) in [5.74, 6) is 0.0852. The van der Waals surface area contributed by atoms with Gasteiger partial charge in [-0.25, -0.2) is 0 Å². The van der Waals surface area contributed by atoms with Gasteiger partial charge in [0.25, 0.3) is 0 Å². The number of allylic oxidation sites excluding steroid dienone is 3. The molecular weight excluding hydrogens is 442 g/mol. The quantitative estimate of drug-likeness (QED) is 0.594. The molecule has 7 heteroatoms. The molecule has 168 valence electrons. The first-order valence-corrected chi connectivity index (χ1v) is 11.8. The minimum atomic E-state index is -0.398. The van der Waals surface area contributed by atoms with Crippen LogP contribution in [0.3, 0.4) is 0 Å². The lowest BCUT2D eigenvalue weighted by Crippen LogP contribution is -2.38. The number of hydrogen-bond donors (Lipinski definition) is 2. The van der Waals surface area contributed by atoms with E-state index in [1.54, 1.807) is 18.3 Å². The molecule has 32 heavy (non-hydrogen) atoms. The first-order chi connectivity index (χ1) is 15.2. The molecule has 0 amide bonds. The Kier molecular flexibility index (Phi) is 7.45. The van der Waals surface area contributed by atoms with Crippen LogP contribution in [0.4, 0.5) is 5.69 Å². The fourth-order valence-electron chi connectivity index (χ4n) is 4.35. The van der Waals surface area contributed by atoms with Crippen LogP contribution in [0.25, 0.3) is 0 Å². The minimum absolute atomic E-state index is 0.1000. The number of Topliss-reactive ketones (excluding diaryl/α,β-unsaturated/α-hetero) is 1. The van der Waals surface area contributed by atoms with E-state index in [9.17, 15) is 10.1 Å². The van der Waals surface area contributed by atoms with Gasteiger partial charge < -0.3 is 10.8 Å². The van der Waals surface area contributed by atoms with Crippen molar-refractivity contribution < 1.29 is 9.90 Å². The third-order valence-corrected chi connectivity index (χ3v) is 7.11. The maximum Gasteiger partial charge on any atom is 0.161 e. The van der Waals surface area contributed by atoms with Gasteiger partial charge in [0.1, 0.15) is 5.82 Å². The van der Waals surface area contributed by atoms with Crippen molar-refractivity contribution in [2.24, 2.45) is 5.73 Å². The summed E-state index contributed by atoms with van der Waals surface area (Å²) in [6.07, 6.45) is 2.01. The Morgan fingerprint density at radius 3 is 2.53 bits per heavy atom. The van der Waals surface area contributed by atoms with E-state index in [1.165, 1.54) is 0 Å². The van der Waals surface area contributed by atoms with E-state index in [1.807, 2.05) is 43.9 Å². The molecule has 3 N–H and O–H groups in total. The third kappa shape index (κ3) is 4.33. The maximum atomic E-state index is 13.1. The number of rotatable bonds is 2. The van der Waals surface area contributed by atoms with Gasteiger partial charge >= 0.3 is 0 Å². The summed E-state index contributed by atoms with van der Waals surface area (Å²) in [7, 11) is 0. The van der Waals surface area contributed by atoms with E-state index < -0.39 is 5.92 Å². The van der Waals surface area contributed by atoms with E-state index in [2.05, 4.69) is 12.1 Å². The Hall–Kier alpha value is -2.59. The maximum absolute atomic E-state index is 13.1. The highest BCUT2D eigenvalue weighted by Crippen LogP contribution is 2.48. The number of hydrogen-bond acceptors (Lipinski definition) is 6. The van der Waals surface area contributed by atoms with Crippen LogP contribution < -0.4 is 10.6 Å². The van der Waals surface area contributed by atoms with Crippen molar-refractivity contribution >= 4 is 34.4 Å². The van der Waals surface area contributed by atoms with Crippen molar-refractivity contribution in [1.82, 2.24) is 0 Å². The molecule has 0 saturated carbocycles. The SMILES string of the molecule is CCO.Cc1cc(C2C(C#N)=C(N)N(c3ccc(C)c(Cl)c3)C3=C2C(=O)CCC3)c(C)s1. The van der Waals surface area contributed by atoms with Crippen LogP contribution in [-0.4, -0.2) is 17.5 Å². The normalized spacial score (nSPS) is 18.2. The summed E-state index contributed by atoms with van der Waals surface area (Å²) >= 11 is 8.05. The Morgan fingerprint density at radius 1 is 1.28 bits per heavy atom. The van der Waals surface area contributed by atoms with Crippen LogP contribution in [0.15, 0.2) is 46.9 Å². The molecule has 1 aromatic carbocycles. The van der Waals surface area contributed by atoms with Crippen LogP contribution in [0.1, 0.15) is 53.0 Å². The topological polar surface area (TPSA) is 90.3 Å². The number of nitrogens with zero attached hydrogens (tertiary/aromatic N) is 2. The molecule has 0 fully saturated rings. The first kappa shape index (κ1) is 24.1. The number of nitrogens with two attached hydrogens (primary N) is 1. The predicted molar refractivity (Wildman–Crippen MR) is 131 cm³/mol. The summed E-state index contributed by atoms with van der Waals surface area (Å²) in [6, 6.07) is 10.1. The van der Waals surface area contributed by atoms with Crippen LogP contribution in [0.2, 0.25) is 5.02 Å². The lowest BCUT2D eigenvalue weighted by atomic mass is 9.75. The zero-order chi connectivity index (χ0) is 23.6. The Labute approximate surface area is 198 Å². The van der Waals surface area contributed by atoms with Gasteiger partial charge in [-0.05, 0) is 69.9 Å². The van der Waals surface area contributed by atoms with Gasteiger partial charge in [0.2, 0.25) is 0 Å². The standard InChI is InChI=1S/C23H22ClN3OS.C2H6O/c1-12-7-8-15(10-18(12)24)27-19-5-4-6-20(28)22(19)21(17(11-25)23(27)26)16-9-13(2)29-14(16)3;1-2-3/h7-10,21H,4-6,26H2,1-3H3;3H,2H2,1H3. The lowest BCUT2D eigenvalue weighted by molar-refractivity contribution is -0.116. The molecule has 4 rings (SSSR count). The van der Waals surface area contributed by atoms with E-state index >= 15 is 0 Å². The van der Waals surface area contributed by atoms with Crippen molar-refractivity contribution in [2.75, 3.05) is 11.5 Å². The van der Waals surface area contributed by atoms with Crippen molar-refractivity contribution in [3.8, 4) is 6.07 Å². The number of nitriles is 1. The van der Waals surface area contributed by atoms with Crippen molar-refractivity contribution in [3.63, 3.8) is 0 Å². The molecular formula is C25H28ClN3O2S. The summed E-state index contributed by atoms with van der Waals surface area (Å²) < 4.78 is 0. The third-order valence-electron chi connectivity index (χ3n) is 5.72. The molecule has 5 nitrogen and oxygen atoms in total. The van der Waals surface area contributed by atoms with E-state index in [0.29, 0.717) is 28.4 Å². The van der Waals surface area contributed by atoms with Gasteiger partial charge in [0.05, 0.1) is 17.6 Å². The number of aliphatic hydroxyl groups is 1. The number of carbonyl (C=O) groups excluding carboxylic acids is 1. The number of halogens is 1. The van der Waals surface area contributed by atoms with Gasteiger partial charge in [0.15, 0.2) is 5.78 Å². The van der Waals surface area contributed by atoms with Gasteiger partial charge in [-0.15, -0.1) is 11.3 Å². The fraction of sp³-hybridized carbons (Fsp3) is 0.360. The van der Waals surface area contributed by atoms with Gasteiger partial charge in [-0.3, -0.25) is 9.69 Å². The number of anilines is 1. The zero-order valence-corrected chi connectivity index (χ0v) is 20.4. The zero-order valence-electron chi connectivity index (χ0n) is 18.8. The summed E-state index contributed by atoms with van der Waals surface area (Å²) in [4.78, 5) is 17.3. The average molecular weight is 470 g/mol. The van der Waals surface area contributed by atoms with E-state index in [4.69, 9.17) is 22.4 Å². The highest BCUT2D eigenvalue weighted by Gasteiger charge is 2.41. The van der Waals surface area contributed by atoms with Crippen LogP contribution >= 0.6 is 22.9 Å². The highest BCUT2D eigenvalue weighted by molar-refractivity contribution is 7.12. The van der Waals surface area contributed by atoms with Crippen LogP contribution in [0, 0.1) is 32.1 Å². The van der Waals surface area contributed by atoms with Gasteiger partial charge in [-0.2, -0.15) is 5.26 Å². The molecule has 0 spiro atoms. The van der Waals surface area contributed by atoms with Crippen LogP contribution in [-0.2, 0) is 4.79 Å². The van der Waals surface area contributed by atoms with Crippen LogP contribution in [0.5, 0.6) is 0 Å². The Bertz CT molecular complexity index is 1160. The second-order valence-corrected chi connectivity index (χ2v) is 9.80. The second kappa shape index (κ2) is 9.91. The molecule has 2 aliphatic rings. The molecule has 0 bridgehead atoms. The minimum Gasteiger partial charge on any atom is -0.397 e. The van der Waals surface area contributed by atoms with E-state index in [0.717, 1.165) is 45.1 Å². The number of benzene rings is 1. The molecule has 0 saturated heterocycles. The highest BCUT2D eigenvalue weighted by atomic mass is 35.5. The molecule has 1 unspecified atom stereocenters. The Morgan fingerprint density at radius 2 is 1.97 bits per heavy atom. The van der Waals surface area contributed by atoms with E-state index in [-0.39, 0.29) is 12.4 Å². The second-order valence-electron chi connectivity index (χ2n) is 7.93. The Balaban J connectivity index is 0.000000913. The molecule has 1 aliphatic heterocycles. The monoisotopic (exact) mass is 469 g/mol. The average Bonchev–Trinajstić information content (AvgIpc) is 3.08. The summed E-state index contributed by atoms with van der Waals surface area (Å²) in [5.41, 5.74) is 11.4. The lowest BCUT2D eigenvalue weighted by Gasteiger charge is -2.39.